The minimum absolute atomic E-state index is 0.810. The van der Waals surface area contributed by atoms with Crippen LogP contribution in [0.3, 0.4) is 0 Å². The van der Waals surface area contributed by atoms with Crippen LogP contribution in [0.1, 0.15) is 0 Å². The lowest BCUT2D eigenvalue weighted by atomic mass is 9.84. The smallest absolute Gasteiger partial charge is 0.159 e. The number of hydrogen-bond acceptors (Lipinski definition) is 8. The minimum atomic E-state index is 0.810. The Morgan fingerprint density at radius 2 is 0.667 bits per heavy atom. The van der Waals surface area contributed by atoms with Gasteiger partial charge in [0.15, 0.2) is 34.3 Å². The van der Waals surface area contributed by atoms with Crippen molar-refractivity contribution >= 4 is 56.5 Å². The van der Waals surface area contributed by atoms with Crippen LogP contribution >= 0.6 is 0 Å². The summed E-state index contributed by atoms with van der Waals surface area (Å²) in [6, 6.07) is 80.9. The average molecular weight is 1010 g/mol. The first kappa shape index (κ1) is 44.9. The van der Waals surface area contributed by atoms with Gasteiger partial charge in [0.05, 0.1) is 22.7 Å². The number of fused-ring (bicyclic) bond motifs is 6. The third-order valence-electron chi connectivity index (χ3n) is 15.0. The Hall–Kier alpha value is -10.6. The van der Waals surface area contributed by atoms with Gasteiger partial charge in [-0.05, 0) is 154 Å². The summed E-state index contributed by atoms with van der Waals surface area (Å²) < 4.78 is 16.9. The molecule has 0 spiro atoms. The van der Waals surface area contributed by atoms with Crippen LogP contribution in [-0.2, 0) is 14.1 Å². The molecule has 2 aliphatic rings. The van der Waals surface area contributed by atoms with E-state index in [-0.39, 0.29) is 0 Å². The van der Waals surface area contributed by atoms with Crippen molar-refractivity contribution in [3.8, 4) is 90.3 Å². The van der Waals surface area contributed by atoms with Gasteiger partial charge in [-0.3, -0.25) is 0 Å². The van der Waals surface area contributed by atoms with E-state index in [2.05, 4.69) is 187 Å². The molecule has 10 heteroatoms. The number of para-hydroxylation sites is 8. The number of anilines is 6. The molecule has 0 bridgehead atoms. The molecule has 0 radical (unpaired) electrons. The topological polar surface area (TPSA) is 86.4 Å². The predicted octanol–water partition coefficient (Wildman–Crippen LogP) is 17.4. The third-order valence-corrected chi connectivity index (χ3v) is 15.0. The Labute approximate surface area is 450 Å². The van der Waals surface area contributed by atoms with Crippen LogP contribution in [0, 0.1) is 0 Å². The van der Waals surface area contributed by atoms with Gasteiger partial charge < -0.3 is 28.4 Å². The number of pyridine rings is 2. The fourth-order valence-corrected chi connectivity index (χ4v) is 11.3. The van der Waals surface area contributed by atoms with Gasteiger partial charge in [0, 0.05) is 49.0 Å². The van der Waals surface area contributed by atoms with E-state index in [0.29, 0.717) is 0 Å². The van der Waals surface area contributed by atoms with Gasteiger partial charge in [-0.15, -0.1) is 0 Å². The first-order valence-electron chi connectivity index (χ1n) is 26.0. The molecule has 0 saturated carbocycles. The summed E-state index contributed by atoms with van der Waals surface area (Å²) in [6.45, 7) is 0. The van der Waals surface area contributed by atoms with Crippen molar-refractivity contribution in [2.24, 2.45) is 14.1 Å². The summed E-state index contributed by atoms with van der Waals surface area (Å²) in [4.78, 5) is 23.9. The summed E-state index contributed by atoms with van der Waals surface area (Å²) in [5, 5.41) is 0. The summed E-state index contributed by atoms with van der Waals surface area (Å²) >= 11 is 0. The normalized spacial score (nSPS) is 12.4. The largest absolute Gasteiger partial charge is 0.453 e. The Bertz CT molecular complexity index is 4380. The SMILES string of the molecule is Cn1c(-c2ccc(-c3cc(-c4ccc(N5c6ccccc6Oc6ccccc65)cc4)cc(-c4ccc(N5c6ccccc6Oc6ccccc65)cc4)c3-c3ccc(-c4nc5cccnc5n4C)cc3)cc2)nc2cccnc21. The first-order valence-corrected chi connectivity index (χ1v) is 26.0. The maximum atomic E-state index is 6.41. The Balaban J connectivity index is 0.916. The first-order chi connectivity index (χ1) is 38.5. The van der Waals surface area contributed by atoms with Gasteiger partial charge >= 0.3 is 0 Å². The lowest BCUT2D eigenvalue weighted by molar-refractivity contribution is 0.477. The Morgan fingerprint density at radius 1 is 0.321 bits per heavy atom. The molecule has 0 fully saturated rings. The van der Waals surface area contributed by atoms with E-state index in [1.165, 1.54) is 0 Å². The van der Waals surface area contributed by atoms with Crippen molar-refractivity contribution < 1.29 is 9.47 Å². The zero-order chi connectivity index (χ0) is 51.8. The van der Waals surface area contributed by atoms with Crippen LogP contribution in [0.5, 0.6) is 23.0 Å². The van der Waals surface area contributed by atoms with Gasteiger partial charge in [0.1, 0.15) is 22.7 Å². The average Bonchev–Trinajstić information content (AvgIpc) is 4.11. The number of imidazole rings is 2. The lowest BCUT2D eigenvalue weighted by Crippen LogP contribution is -2.15. The standard InChI is InChI=1S/C68H46N8O2/c1-73-65(71-54-13-11-39-69-67(54)73)47-27-23-44(24-28-47)52-41-49(43-31-35-50(36-32-43)75-56-15-3-7-19-60(56)77-61-20-8-4-16-57(61)75)42-53(64(52)46-25-29-48(30-26-46)66-72-55-14-12-40-70-68(55)74(66)2)45-33-37-51(38-34-45)76-58-17-5-9-21-62(58)78-63-22-10-6-18-59(63)76/h3-42H,1-2H3. The molecule has 0 aliphatic carbocycles. The fourth-order valence-electron chi connectivity index (χ4n) is 11.3. The number of hydrogen-bond donors (Lipinski definition) is 0. The van der Waals surface area contributed by atoms with E-state index < -0.39 is 0 Å². The van der Waals surface area contributed by atoms with Crippen LogP contribution in [-0.4, -0.2) is 29.1 Å². The van der Waals surface area contributed by atoms with Crippen LogP contribution in [0.15, 0.2) is 243 Å². The van der Waals surface area contributed by atoms with Crippen molar-refractivity contribution in [3.05, 3.63) is 243 Å². The van der Waals surface area contributed by atoms with Crippen LogP contribution < -0.4 is 19.3 Å². The van der Waals surface area contributed by atoms with Crippen molar-refractivity contribution in [1.82, 2.24) is 29.1 Å². The highest BCUT2D eigenvalue weighted by Crippen LogP contribution is 2.53. The second kappa shape index (κ2) is 18.1. The minimum Gasteiger partial charge on any atom is -0.453 e. The summed E-state index contributed by atoms with van der Waals surface area (Å²) in [5.74, 6) is 4.96. The highest BCUT2D eigenvalue weighted by molar-refractivity contribution is 5.99. The third kappa shape index (κ3) is 7.41. The summed E-state index contributed by atoms with van der Waals surface area (Å²) in [5.41, 5.74) is 20.0. The number of nitrogens with zero attached hydrogens (tertiary/aromatic N) is 8. The van der Waals surface area contributed by atoms with Gasteiger partial charge in [-0.2, -0.15) is 0 Å². The second-order valence-electron chi connectivity index (χ2n) is 19.6. The molecule has 0 amide bonds. The fraction of sp³-hybridized carbons (Fsp3) is 0.0294. The monoisotopic (exact) mass is 1010 g/mol. The highest BCUT2D eigenvalue weighted by Gasteiger charge is 2.28. The molecule has 10 nitrogen and oxygen atoms in total. The van der Waals surface area contributed by atoms with E-state index in [0.717, 1.165) is 147 Å². The van der Waals surface area contributed by atoms with Crippen molar-refractivity contribution in [2.45, 2.75) is 0 Å². The van der Waals surface area contributed by atoms with Crippen LogP contribution in [0.4, 0.5) is 34.1 Å². The maximum Gasteiger partial charge on any atom is 0.159 e. The predicted molar refractivity (Wildman–Crippen MR) is 313 cm³/mol. The van der Waals surface area contributed by atoms with Gasteiger partial charge in [-0.25, -0.2) is 19.9 Å². The molecule has 13 aromatic rings. The zero-order valence-electron chi connectivity index (χ0n) is 42.5. The molecule has 0 saturated heterocycles. The summed E-state index contributed by atoms with van der Waals surface area (Å²) in [6.07, 6.45) is 3.63. The molecule has 0 N–H and O–H groups in total. The van der Waals surface area contributed by atoms with Gasteiger partial charge in [-0.1, -0.05) is 121 Å². The molecule has 9 aromatic carbocycles. The van der Waals surface area contributed by atoms with E-state index in [4.69, 9.17) is 19.4 Å². The zero-order valence-corrected chi connectivity index (χ0v) is 42.5. The van der Waals surface area contributed by atoms with Crippen molar-refractivity contribution in [1.29, 1.82) is 0 Å². The van der Waals surface area contributed by atoms with Gasteiger partial charge in [0.2, 0.25) is 0 Å². The van der Waals surface area contributed by atoms with E-state index in [9.17, 15) is 0 Å². The number of aromatic nitrogens is 6. The van der Waals surface area contributed by atoms with Crippen molar-refractivity contribution in [3.63, 3.8) is 0 Å². The second-order valence-corrected chi connectivity index (χ2v) is 19.6. The Kier molecular flexibility index (Phi) is 10.4. The van der Waals surface area contributed by atoms with Crippen molar-refractivity contribution in [2.75, 3.05) is 9.80 Å². The van der Waals surface area contributed by atoms with Gasteiger partial charge in [0.25, 0.3) is 0 Å². The highest BCUT2D eigenvalue weighted by atomic mass is 16.5. The van der Waals surface area contributed by atoms with E-state index in [1.54, 1.807) is 0 Å². The molecule has 6 heterocycles. The van der Waals surface area contributed by atoms with Crippen LogP contribution in [0.25, 0.3) is 89.6 Å². The number of aryl methyl sites for hydroxylation is 2. The number of ether oxygens (including phenoxy) is 2. The quantitative estimate of drug-likeness (QED) is 0.149. The molecule has 78 heavy (non-hydrogen) atoms. The van der Waals surface area contributed by atoms with E-state index in [1.807, 2.05) is 99.3 Å². The lowest BCUT2D eigenvalue weighted by Gasteiger charge is -2.33. The van der Waals surface area contributed by atoms with Crippen LogP contribution in [0.2, 0.25) is 0 Å². The molecule has 2 aliphatic heterocycles. The molecule has 370 valence electrons. The Morgan fingerprint density at radius 3 is 1.06 bits per heavy atom. The molecular formula is C68H46N8O2. The molecule has 0 unspecified atom stereocenters. The molecule has 15 rings (SSSR count). The molecular weight excluding hydrogens is 961 g/mol. The summed E-state index contributed by atoms with van der Waals surface area (Å²) in [7, 11) is 4.05. The van der Waals surface area contributed by atoms with E-state index >= 15 is 0 Å². The molecule has 4 aromatic heterocycles. The maximum absolute atomic E-state index is 6.41. The molecule has 0 atom stereocenters. The number of rotatable bonds is 8. The number of benzene rings is 9.